The van der Waals surface area contributed by atoms with E-state index in [9.17, 15) is 14.4 Å². The van der Waals surface area contributed by atoms with Crippen LogP contribution in [0.3, 0.4) is 0 Å². The van der Waals surface area contributed by atoms with Crippen molar-refractivity contribution >= 4 is 50.1 Å². The first-order valence-corrected chi connectivity index (χ1v) is 10.5. The molecule has 3 amide bonds. The molecule has 1 N–H and O–H groups in total. The fourth-order valence-electron chi connectivity index (χ4n) is 3.67. The molecule has 0 aliphatic carbocycles. The lowest BCUT2D eigenvalue weighted by atomic mass is 10.1. The number of para-hydroxylation sites is 1. The molecule has 0 bridgehead atoms. The number of anilines is 2. The SMILES string of the molecule is Cc1ccc2nc(NC(=O)c3ccc4c(c3)C(=O)N(c3ccccc3C)C4=O)sc2c1. The third kappa shape index (κ3) is 3.19. The van der Waals surface area contributed by atoms with Crippen LogP contribution in [0.5, 0.6) is 0 Å². The number of aryl methyl sites for hydroxylation is 2. The van der Waals surface area contributed by atoms with Gasteiger partial charge in [0.15, 0.2) is 5.13 Å². The van der Waals surface area contributed by atoms with E-state index in [4.69, 9.17) is 0 Å². The van der Waals surface area contributed by atoms with E-state index in [2.05, 4.69) is 10.3 Å². The lowest BCUT2D eigenvalue weighted by Gasteiger charge is -2.16. The number of amides is 3. The van der Waals surface area contributed by atoms with E-state index < -0.39 is 5.91 Å². The first kappa shape index (κ1) is 19.1. The van der Waals surface area contributed by atoms with E-state index in [1.165, 1.54) is 23.5 Å². The van der Waals surface area contributed by atoms with Gasteiger partial charge in [-0.1, -0.05) is 35.6 Å². The zero-order valence-electron chi connectivity index (χ0n) is 16.8. The lowest BCUT2D eigenvalue weighted by molar-refractivity contribution is 0.0925. The Hall–Kier alpha value is -3.84. The minimum Gasteiger partial charge on any atom is -0.298 e. The third-order valence-electron chi connectivity index (χ3n) is 5.27. The zero-order chi connectivity index (χ0) is 21.7. The fourth-order valence-corrected chi connectivity index (χ4v) is 4.63. The molecule has 1 aliphatic rings. The molecule has 5 rings (SSSR count). The average Bonchev–Trinajstić information content (AvgIpc) is 3.26. The Labute approximate surface area is 182 Å². The van der Waals surface area contributed by atoms with Gasteiger partial charge in [-0.05, 0) is 61.4 Å². The number of rotatable bonds is 3. The molecule has 152 valence electrons. The fraction of sp³-hybridized carbons (Fsp3) is 0.0833. The summed E-state index contributed by atoms with van der Waals surface area (Å²) < 4.78 is 0.985. The first-order chi connectivity index (χ1) is 14.9. The highest BCUT2D eigenvalue weighted by Crippen LogP contribution is 2.31. The standard InChI is InChI=1S/C24H17N3O3S/c1-13-7-10-18-20(11-13)31-24(25-18)26-21(28)15-8-9-16-17(12-15)23(30)27(22(16)29)19-6-4-3-5-14(19)2/h3-12H,1-2H3,(H,25,26,28). The number of hydrogen-bond acceptors (Lipinski definition) is 5. The second-order valence-corrected chi connectivity index (χ2v) is 8.47. The van der Waals surface area contributed by atoms with Crippen LogP contribution in [0.2, 0.25) is 0 Å². The van der Waals surface area contributed by atoms with Gasteiger partial charge < -0.3 is 0 Å². The van der Waals surface area contributed by atoms with E-state index in [-0.39, 0.29) is 17.4 Å². The lowest BCUT2D eigenvalue weighted by Crippen LogP contribution is -2.29. The number of nitrogens with zero attached hydrogens (tertiary/aromatic N) is 2. The molecule has 3 aromatic carbocycles. The Morgan fingerprint density at radius 3 is 2.52 bits per heavy atom. The van der Waals surface area contributed by atoms with Gasteiger partial charge in [-0.2, -0.15) is 0 Å². The molecule has 4 aromatic rings. The Kier molecular flexibility index (Phi) is 4.41. The molecular formula is C24H17N3O3S. The van der Waals surface area contributed by atoms with Crippen LogP contribution in [-0.4, -0.2) is 22.7 Å². The Balaban J connectivity index is 1.44. The monoisotopic (exact) mass is 427 g/mol. The number of imide groups is 1. The van der Waals surface area contributed by atoms with Crippen LogP contribution < -0.4 is 10.2 Å². The van der Waals surface area contributed by atoms with Gasteiger partial charge in [-0.15, -0.1) is 0 Å². The summed E-state index contributed by atoms with van der Waals surface area (Å²) in [5, 5.41) is 3.28. The van der Waals surface area contributed by atoms with Crippen molar-refractivity contribution in [1.29, 1.82) is 0 Å². The second-order valence-electron chi connectivity index (χ2n) is 7.44. The molecule has 0 unspecified atom stereocenters. The van der Waals surface area contributed by atoms with Gasteiger partial charge in [0.2, 0.25) is 0 Å². The number of carbonyl (C=O) groups excluding carboxylic acids is 3. The van der Waals surface area contributed by atoms with Crippen LogP contribution in [0, 0.1) is 13.8 Å². The minimum absolute atomic E-state index is 0.223. The van der Waals surface area contributed by atoms with Crippen LogP contribution in [0.4, 0.5) is 10.8 Å². The predicted octanol–water partition coefficient (Wildman–Crippen LogP) is 4.97. The number of nitrogens with one attached hydrogen (secondary N) is 1. The van der Waals surface area contributed by atoms with E-state index in [0.29, 0.717) is 21.9 Å². The number of hydrogen-bond donors (Lipinski definition) is 1. The van der Waals surface area contributed by atoms with Crippen LogP contribution >= 0.6 is 11.3 Å². The third-order valence-corrected chi connectivity index (χ3v) is 6.20. The summed E-state index contributed by atoms with van der Waals surface area (Å²) in [6.45, 7) is 3.84. The maximum absolute atomic E-state index is 13.0. The minimum atomic E-state index is -0.431. The maximum Gasteiger partial charge on any atom is 0.266 e. The van der Waals surface area contributed by atoms with Crippen molar-refractivity contribution in [2.75, 3.05) is 10.2 Å². The van der Waals surface area contributed by atoms with Crippen molar-refractivity contribution < 1.29 is 14.4 Å². The Morgan fingerprint density at radius 2 is 1.71 bits per heavy atom. The molecule has 0 spiro atoms. The van der Waals surface area contributed by atoms with Gasteiger partial charge in [-0.3, -0.25) is 19.7 Å². The molecule has 0 atom stereocenters. The number of aromatic nitrogens is 1. The van der Waals surface area contributed by atoms with Crippen LogP contribution in [0.1, 0.15) is 42.2 Å². The second kappa shape index (κ2) is 7.14. The summed E-state index contributed by atoms with van der Waals surface area (Å²) in [6.07, 6.45) is 0. The summed E-state index contributed by atoms with van der Waals surface area (Å²) in [5.74, 6) is -1.20. The molecule has 0 fully saturated rings. The average molecular weight is 427 g/mol. The number of carbonyl (C=O) groups is 3. The summed E-state index contributed by atoms with van der Waals surface area (Å²) in [6, 6.07) is 17.7. The van der Waals surface area contributed by atoms with Gasteiger partial charge in [0, 0.05) is 5.56 Å². The van der Waals surface area contributed by atoms with E-state index in [1.54, 1.807) is 18.2 Å². The van der Waals surface area contributed by atoms with Crippen molar-refractivity contribution in [3.05, 3.63) is 88.5 Å². The zero-order valence-corrected chi connectivity index (χ0v) is 17.6. The molecule has 0 radical (unpaired) electrons. The summed E-state index contributed by atoms with van der Waals surface area (Å²) in [5.41, 5.74) is 4.11. The van der Waals surface area contributed by atoms with Crippen molar-refractivity contribution in [2.24, 2.45) is 0 Å². The predicted molar refractivity (Wildman–Crippen MR) is 121 cm³/mol. The highest BCUT2D eigenvalue weighted by molar-refractivity contribution is 7.22. The Morgan fingerprint density at radius 1 is 0.935 bits per heavy atom. The normalized spacial score (nSPS) is 13.0. The quantitative estimate of drug-likeness (QED) is 0.469. The van der Waals surface area contributed by atoms with Crippen molar-refractivity contribution in [1.82, 2.24) is 4.98 Å². The number of fused-ring (bicyclic) bond motifs is 2. The van der Waals surface area contributed by atoms with Gasteiger partial charge in [0.05, 0.1) is 27.0 Å². The number of benzene rings is 3. The maximum atomic E-state index is 13.0. The number of thiazole rings is 1. The first-order valence-electron chi connectivity index (χ1n) is 9.69. The Bertz CT molecular complexity index is 1410. The van der Waals surface area contributed by atoms with Gasteiger partial charge in [-0.25, -0.2) is 9.88 Å². The molecule has 1 aliphatic heterocycles. The highest BCUT2D eigenvalue weighted by atomic mass is 32.1. The molecule has 0 saturated carbocycles. The van der Waals surface area contributed by atoms with E-state index in [0.717, 1.165) is 26.2 Å². The summed E-state index contributed by atoms with van der Waals surface area (Å²) in [4.78, 5) is 44.3. The molecule has 7 heteroatoms. The smallest absolute Gasteiger partial charge is 0.266 e. The van der Waals surface area contributed by atoms with Crippen LogP contribution in [-0.2, 0) is 0 Å². The van der Waals surface area contributed by atoms with Gasteiger partial charge >= 0.3 is 0 Å². The van der Waals surface area contributed by atoms with Crippen LogP contribution in [0.25, 0.3) is 10.2 Å². The van der Waals surface area contributed by atoms with Crippen molar-refractivity contribution in [3.63, 3.8) is 0 Å². The largest absolute Gasteiger partial charge is 0.298 e. The van der Waals surface area contributed by atoms with Crippen molar-refractivity contribution in [2.45, 2.75) is 13.8 Å². The van der Waals surface area contributed by atoms with E-state index >= 15 is 0 Å². The molecule has 31 heavy (non-hydrogen) atoms. The molecular weight excluding hydrogens is 410 g/mol. The van der Waals surface area contributed by atoms with Crippen LogP contribution in [0.15, 0.2) is 60.7 Å². The van der Waals surface area contributed by atoms with Gasteiger partial charge in [0.1, 0.15) is 0 Å². The summed E-state index contributed by atoms with van der Waals surface area (Å²) >= 11 is 1.39. The molecule has 0 saturated heterocycles. The summed E-state index contributed by atoms with van der Waals surface area (Å²) in [7, 11) is 0. The van der Waals surface area contributed by atoms with E-state index in [1.807, 2.05) is 44.2 Å². The van der Waals surface area contributed by atoms with Crippen molar-refractivity contribution in [3.8, 4) is 0 Å². The molecule has 2 heterocycles. The molecule has 1 aromatic heterocycles. The van der Waals surface area contributed by atoms with Gasteiger partial charge in [0.25, 0.3) is 17.7 Å². The topological polar surface area (TPSA) is 79.4 Å². The molecule has 6 nitrogen and oxygen atoms in total. The highest BCUT2D eigenvalue weighted by Gasteiger charge is 2.37.